The third-order valence-electron chi connectivity index (χ3n) is 5.34. The van der Waals surface area contributed by atoms with Crippen LogP contribution in [0.1, 0.15) is 44.3 Å². The van der Waals surface area contributed by atoms with E-state index in [9.17, 15) is 13.2 Å². The van der Waals surface area contributed by atoms with Crippen molar-refractivity contribution < 1.29 is 17.9 Å². The van der Waals surface area contributed by atoms with Gasteiger partial charge in [0.25, 0.3) is 0 Å². The molecule has 1 aromatic rings. The largest absolute Gasteiger partial charge is 0.370 e. The number of hydrogen-bond donors (Lipinski definition) is 1. The van der Waals surface area contributed by atoms with E-state index in [1.165, 1.54) is 0 Å². The quantitative estimate of drug-likeness (QED) is 0.803. The molecule has 0 bridgehead atoms. The first-order chi connectivity index (χ1) is 12.8. The van der Waals surface area contributed by atoms with E-state index in [1.807, 2.05) is 12.1 Å². The topological polar surface area (TPSA) is 75.7 Å². The molecule has 0 spiro atoms. The van der Waals surface area contributed by atoms with Crippen molar-refractivity contribution in [3.63, 3.8) is 0 Å². The summed E-state index contributed by atoms with van der Waals surface area (Å²) < 4.78 is 33.3. The molecule has 2 fully saturated rings. The number of rotatable bonds is 5. The highest BCUT2D eigenvalue weighted by molar-refractivity contribution is 7.90. The highest BCUT2D eigenvalue weighted by Gasteiger charge is 2.30. The normalized spacial score (nSPS) is 26.7. The molecule has 1 N–H and O–H groups in total. The van der Waals surface area contributed by atoms with Crippen LogP contribution in [-0.4, -0.2) is 50.7 Å². The molecule has 1 heterocycles. The first kappa shape index (κ1) is 20.6. The molecule has 8 heteroatoms. The number of morpholine rings is 1. The average Bonchev–Trinajstić information content (AvgIpc) is 2.64. The maximum Gasteiger partial charge on any atom is 0.239 e. The number of nitrogens with zero attached hydrogens (tertiary/aromatic N) is 1. The van der Waals surface area contributed by atoms with Crippen LogP contribution in [0.3, 0.4) is 0 Å². The van der Waals surface area contributed by atoms with Crippen molar-refractivity contribution in [3.8, 4) is 0 Å². The molecule has 27 heavy (non-hydrogen) atoms. The van der Waals surface area contributed by atoms with E-state index < -0.39 is 15.8 Å². The number of hydrogen-bond acceptors (Lipinski definition) is 4. The zero-order valence-electron chi connectivity index (χ0n) is 15.6. The van der Waals surface area contributed by atoms with Gasteiger partial charge in [-0.05, 0) is 49.3 Å². The summed E-state index contributed by atoms with van der Waals surface area (Å²) in [6, 6.07) is 7.23. The summed E-state index contributed by atoms with van der Waals surface area (Å²) in [7, 11) is -3.63. The van der Waals surface area contributed by atoms with E-state index in [1.54, 1.807) is 17.0 Å². The lowest BCUT2D eigenvalue weighted by Gasteiger charge is -2.33. The Kier molecular flexibility index (Phi) is 6.78. The Morgan fingerprint density at radius 3 is 2.56 bits per heavy atom. The van der Waals surface area contributed by atoms with Gasteiger partial charge in [-0.25, -0.2) is 13.1 Å². The molecule has 0 aromatic heterocycles. The molecule has 3 rings (SSSR count). The van der Waals surface area contributed by atoms with E-state index in [2.05, 4.69) is 11.6 Å². The van der Waals surface area contributed by atoms with Crippen LogP contribution < -0.4 is 4.72 Å². The lowest BCUT2D eigenvalue weighted by atomic mass is 9.88. The van der Waals surface area contributed by atoms with Gasteiger partial charge < -0.3 is 9.64 Å². The molecule has 1 saturated carbocycles. The highest BCUT2D eigenvalue weighted by Crippen LogP contribution is 2.25. The number of carbonyl (C=O) groups is 1. The summed E-state index contributed by atoms with van der Waals surface area (Å²) in [6.45, 7) is 3.31. The first-order valence-corrected chi connectivity index (χ1v) is 11.5. The van der Waals surface area contributed by atoms with E-state index >= 15 is 0 Å². The molecule has 1 aliphatic carbocycles. The van der Waals surface area contributed by atoms with Crippen molar-refractivity contribution in [2.45, 2.75) is 44.8 Å². The minimum absolute atomic E-state index is 0.0505. The van der Waals surface area contributed by atoms with Crippen LogP contribution in [0.2, 0.25) is 5.02 Å². The van der Waals surface area contributed by atoms with Crippen molar-refractivity contribution in [1.82, 2.24) is 9.62 Å². The van der Waals surface area contributed by atoms with E-state index in [-0.39, 0.29) is 18.1 Å². The van der Waals surface area contributed by atoms with Gasteiger partial charge in [0.15, 0.2) is 0 Å². The molecule has 1 saturated heterocycles. The van der Waals surface area contributed by atoms with Crippen molar-refractivity contribution in [2.24, 2.45) is 5.92 Å². The summed E-state index contributed by atoms with van der Waals surface area (Å²) in [5.41, 5.74) is 0.925. The number of carbonyl (C=O) groups excluding carboxylic acids is 1. The molecule has 0 radical (unpaired) electrons. The fraction of sp³-hybridized carbons (Fsp3) is 0.632. The number of ether oxygens (including phenoxy) is 1. The fourth-order valence-corrected chi connectivity index (χ4v) is 5.14. The predicted molar refractivity (Wildman–Crippen MR) is 105 cm³/mol. The monoisotopic (exact) mass is 414 g/mol. The Morgan fingerprint density at radius 2 is 1.89 bits per heavy atom. The molecule has 1 aliphatic heterocycles. The van der Waals surface area contributed by atoms with Crippen molar-refractivity contribution in [3.05, 3.63) is 34.9 Å². The molecule has 1 amide bonds. The van der Waals surface area contributed by atoms with Crippen LogP contribution in [0.15, 0.2) is 24.3 Å². The van der Waals surface area contributed by atoms with Gasteiger partial charge in [0, 0.05) is 17.6 Å². The first-order valence-electron chi connectivity index (χ1n) is 9.47. The zero-order valence-corrected chi connectivity index (χ0v) is 17.1. The van der Waals surface area contributed by atoms with Crippen molar-refractivity contribution >= 4 is 27.5 Å². The maximum atomic E-state index is 12.6. The maximum absolute atomic E-state index is 12.6. The SMILES string of the molecule is CC1CCC(NS(=O)(=O)CC(=O)N2CCOC(c3ccc(Cl)cc3)C2)CC1. The van der Waals surface area contributed by atoms with Gasteiger partial charge >= 0.3 is 0 Å². The summed E-state index contributed by atoms with van der Waals surface area (Å²) >= 11 is 5.91. The van der Waals surface area contributed by atoms with Gasteiger partial charge in [-0.15, -0.1) is 0 Å². The molecule has 1 aromatic carbocycles. The number of benzene rings is 1. The highest BCUT2D eigenvalue weighted by atomic mass is 35.5. The van der Waals surface area contributed by atoms with Crippen LogP contribution in [0.5, 0.6) is 0 Å². The molecule has 1 atom stereocenters. The van der Waals surface area contributed by atoms with Gasteiger partial charge in [0.05, 0.1) is 13.2 Å². The van der Waals surface area contributed by atoms with E-state index in [0.29, 0.717) is 30.6 Å². The summed E-state index contributed by atoms with van der Waals surface area (Å²) in [4.78, 5) is 14.1. The van der Waals surface area contributed by atoms with Gasteiger partial charge in [-0.3, -0.25) is 4.79 Å². The molecule has 150 valence electrons. The number of amides is 1. The van der Waals surface area contributed by atoms with Crippen molar-refractivity contribution in [1.29, 1.82) is 0 Å². The van der Waals surface area contributed by atoms with Gasteiger partial charge in [0.2, 0.25) is 15.9 Å². The van der Waals surface area contributed by atoms with Gasteiger partial charge in [0.1, 0.15) is 11.9 Å². The number of nitrogens with one attached hydrogen (secondary N) is 1. The van der Waals surface area contributed by atoms with E-state index in [4.69, 9.17) is 16.3 Å². The molecule has 1 unspecified atom stereocenters. The second-order valence-electron chi connectivity index (χ2n) is 7.58. The second kappa shape index (κ2) is 8.90. The lowest BCUT2D eigenvalue weighted by Crippen LogP contribution is -2.47. The minimum Gasteiger partial charge on any atom is -0.370 e. The Bertz CT molecular complexity index is 745. The molecular formula is C19H27ClN2O4S. The smallest absolute Gasteiger partial charge is 0.239 e. The minimum atomic E-state index is -3.63. The fourth-order valence-electron chi connectivity index (χ4n) is 3.68. The third kappa shape index (κ3) is 5.91. The lowest BCUT2D eigenvalue weighted by molar-refractivity contribution is -0.136. The number of halogens is 1. The Balaban J connectivity index is 1.55. The van der Waals surface area contributed by atoms with Crippen LogP contribution in [0, 0.1) is 5.92 Å². The van der Waals surface area contributed by atoms with Gasteiger partial charge in [-0.1, -0.05) is 30.7 Å². The van der Waals surface area contributed by atoms with Crippen LogP contribution in [-0.2, 0) is 19.6 Å². The summed E-state index contributed by atoms with van der Waals surface area (Å²) in [6.07, 6.45) is 3.45. The summed E-state index contributed by atoms with van der Waals surface area (Å²) in [5.74, 6) is -0.244. The van der Waals surface area contributed by atoms with E-state index in [0.717, 1.165) is 31.2 Å². The Labute approximate surface area is 166 Å². The van der Waals surface area contributed by atoms with Crippen LogP contribution in [0.4, 0.5) is 0 Å². The molecule has 2 aliphatic rings. The third-order valence-corrected chi connectivity index (χ3v) is 6.91. The second-order valence-corrected chi connectivity index (χ2v) is 9.77. The van der Waals surface area contributed by atoms with Gasteiger partial charge in [-0.2, -0.15) is 0 Å². The summed E-state index contributed by atoms with van der Waals surface area (Å²) in [5, 5.41) is 0.636. The standard InChI is InChI=1S/C19H27ClN2O4S/c1-14-2-8-17(9-3-14)21-27(24,25)13-19(23)22-10-11-26-18(12-22)15-4-6-16(20)7-5-15/h4-7,14,17-18,21H,2-3,8-13H2,1H3. The molecule has 6 nitrogen and oxygen atoms in total. The zero-order chi connectivity index (χ0) is 19.4. The Morgan fingerprint density at radius 1 is 1.22 bits per heavy atom. The van der Waals surface area contributed by atoms with Crippen LogP contribution in [0.25, 0.3) is 0 Å². The van der Waals surface area contributed by atoms with Crippen molar-refractivity contribution in [2.75, 3.05) is 25.4 Å². The molecular weight excluding hydrogens is 388 g/mol. The van der Waals surface area contributed by atoms with Crippen LogP contribution >= 0.6 is 11.6 Å². The Hall–Kier alpha value is -1.15. The average molecular weight is 415 g/mol. The predicted octanol–water partition coefficient (Wildman–Crippen LogP) is 2.74. The number of sulfonamides is 1.